The summed E-state index contributed by atoms with van der Waals surface area (Å²) in [5, 5.41) is 47.1. The Labute approximate surface area is 233 Å². The summed E-state index contributed by atoms with van der Waals surface area (Å²) in [5.74, 6) is -8.60. The highest BCUT2D eigenvalue weighted by atomic mass is 16.4. The lowest BCUT2D eigenvalue weighted by atomic mass is 9.99. The molecule has 1 rings (SSSR count). The third kappa shape index (κ3) is 13.5. The smallest absolute Gasteiger partial charge is 0.319 e. The molecule has 0 aliphatic heterocycles. The van der Waals surface area contributed by atoms with Crippen LogP contribution in [-0.4, -0.2) is 128 Å². The molecule has 0 amide bonds. The predicted molar refractivity (Wildman–Crippen MR) is 144 cm³/mol. The number of carboxylic acid groups (broad SMARTS) is 5. The first kappa shape index (κ1) is 34.5. The van der Waals surface area contributed by atoms with E-state index in [4.69, 9.17) is 5.11 Å². The second kappa shape index (κ2) is 17.9. The maximum absolute atomic E-state index is 11.7. The molecule has 1 aromatic carbocycles. The van der Waals surface area contributed by atoms with Crippen LogP contribution in [0.15, 0.2) is 24.3 Å². The van der Waals surface area contributed by atoms with Gasteiger partial charge in [-0.2, -0.15) is 0 Å². The highest BCUT2D eigenvalue weighted by Gasteiger charge is 2.33. The van der Waals surface area contributed by atoms with E-state index >= 15 is 0 Å². The Morgan fingerprint density at radius 3 is 1.68 bits per heavy atom. The van der Waals surface area contributed by atoms with Crippen LogP contribution in [0.5, 0.6) is 0 Å². The van der Waals surface area contributed by atoms with E-state index in [0.717, 1.165) is 30.4 Å². The van der Waals surface area contributed by atoms with Crippen molar-refractivity contribution in [1.29, 1.82) is 0 Å². The van der Waals surface area contributed by atoms with Crippen molar-refractivity contribution >= 4 is 29.8 Å². The molecule has 0 heterocycles. The van der Waals surface area contributed by atoms with E-state index < -0.39 is 61.4 Å². The highest BCUT2D eigenvalue weighted by Crippen LogP contribution is 2.16. The van der Waals surface area contributed by atoms with Gasteiger partial charge in [-0.15, -0.1) is 0 Å². The lowest BCUT2D eigenvalue weighted by Crippen LogP contribution is -2.52. The molecule has 0 aliphatic carbocycles. The van der Waals surface area contributed by atoms with Gasteiger partial charge >= 0.3 is 29.8 Å². The molecule has 0 radical (unpaired) electrons. The third-order valence-electron chi connectivity index (χ3n) is 6.55. The molecule has 0 bridgehead atoms. The van der Waals surface area contributed by atoms with Gasteiger partial charge in [0.2, 0.25) is 0 Å². The van der Waals surface area contributed by atoms with E-state index in [2.05, 4.69) is 6.92 Å². The van der Waals surface area contributed by atoms with E-state index in [9.17, 15) is 44.4 Å². The Hall–Kier alpha value is -3.55. The minimum atomic E-state index is -1.89. The van der Waals surface area contributed by atoms with Crippen molar-refractivity contribution in [3.05, 3.63) is 35.4 Å². The Morgan fingerprint density at radius 2 is 1.20 bits per heavy atom. The number of nitrogens with zero attached hydrogens (tertiary/aromatic N) is 3. The van der Waals surface area contributed by atoms with Crippen LogP contribution in [-0.2, 0) is 36.8 Å². The lowest BCUT2D eigenvalue weighted by Gasteiger charge is -2.36. The Morgan fingerprint density at radius 1 is 0.700 bits per heavy atom. The van der Waals surface area contributed by atoms with Gasteiger partial charge in [-0.25, -0.2) is 0 Å². The number of hydrogen-bond acceptors (Lipinski definition) is 8. The van der Waals surface area contributed by atoms with Crippen LogP contribution in [0.4, 0.5) is 0 Å². The van der Waals surface area contributed by atoms with Crippen LogP contribution >= 0.6 is 0 Å². The van der Waals surface area contributed by atoms with Crippen molar-refractivity contribution in [2.24, 2.45) is 5.92 Å². The number of rotatable bonds is 22. The summed E-state index contributed by atoms with van der Waals surface area (Å²) in [4.78, 5) is 62.2. The number of aliphatic carboxylic acids is 5. The molecule has 0 fully saturated rings. The molecule has 0 saturated carbocycles. The Kier molecular flexibility index (Phi) is 15.4. The molecular weight excluding hydrogens is 526 g/mol. The molecule has 1 atom stereocenters. The maximum atomic E-state index is 11.7. The fourth-order valence-corrected chi connectivity index (χ4v) is 4.36. The minimum absolute atomic E-state index is 0.0201. The van der Waals surface area contributed by atoms with Gasteiger partial charge in [0.15, 0.2) is 5.92 Å². The molecule has 1 unspecified atom stereocenters. The van der Waals surface area contributed by atoms with Gasteiger partial charge in [0.1, 0.15) is 0 Å². The summed E-state index contributed by atoms with van der Waals surface area (Å²) in [7, 11) is 0. The average Bonchev–Trinajstić information content (AvgIpc) is 2.86. The molecule has 40 heavy (non-hydrogen) atoms. The summed E-state index contributed by atoms with van der Waals surface area (Å²) in [5.41, 5.74) is 1.91. The fourth-order valence-electron chi connectivity index (χ4n) is 4.36. The van der Waals surface area contributed by atoms with Crippen LogP contribution < -0.4 is 0 Å². The van der Waals surface area contributed by atoms with Crippen molar-refractivity contribution < 1.29 is 49.5 Å². The van der Waals surface area contributed by atoms with Gasteiger partial charge in [0.05, 0.1) is 19.6 Å². The topological polar surface area (TPSA) is 196 Å². The molecule has 0 spiro atoms. The first-order valence-electron chi connectivity index (χ1n) is 13.2. The van der Waals surface area contributed by atoms with Crippen LogP contribution in [0.25, 0.3) is 0 Å². The number of benzene rings is 1. The van der Waals surface area contributed by atoms with Gasteiger partial charge in [-0.1, -0.05) is 44.5 Å². The van der Waals surface area contributed by atoms with Gasteiger partial charge in [-0.05, 0) is 36.9 Å². The normalized spacial score (nSPS) is 12.2. The van der Waals surface area contributed by atoms with Gasteiger partial charge in [-0.3, -0.25) is 38.7 Å². The highest BCUT2D eigenvalue weighted by molar-refractivity contribution is 5.93. The summed E-state index contributed by atoms with van der Waals surface area (Å²) in [6, 6.07) is 6.88. The molecule has 0 aromatic heterocycles. The maximum Gasteiger partial charge on any atom is 0.319 e. The zero-order chi connectivity index (χ0) is 30.2. The quantitative estimate of drug-likeness (QED) is 0.124. The molecule has 224 valence electrons. The average molecular weight is 568 g/mol. The number of hydrogen-bond donors (Lipinski definition) is 5. The van der Waals surface area contributed by atoms with Crippen molar-refractivity contribution in [1.82, 2.24) is 14.7 Å². The second-order valence-corrected chi connectivity index (χ2v) is 9.72. The van der Waals surface area contributed by atoms with Crippen LogP contribution in [0, 0.1) is 5.92 Å². The second-order valence-electron chi connectivity index (χ2n) is 9.72. The van der Waals surface area contributed by atoms with Crippen LogP contribution in [0.3, 0.4) is 0 Å². The SMILES string of the molecule is CCCCc1ccc(CC(CN(CCN(CC)CC(=O)O)CC(=O)O)N(CC(=O)O)CC(C(=O)O)C(=O)O)cc1. The number of unbranched alkanes of at least 4 members (excludes halogenated alkanes) is 1. The van der Waals surface area contributed by atoms with Crippen LogP contribution in [0.2, 0.25) is 0 Å². The zero-order valence-corrected chi connectivity index (χ0v) is 23.1. The number of aryl methyl sites for hydroxylation is 1. The van der Waals surface area contributed by atoms with E-state index in [0.29, 0.717) is 6.54 Å². The molecule has 5 N–H and O–H groups in total. The predicted octanol–water partition coefficient (Wildman–Crippen LogP) is 0.905. The Bertz CT molecular complexity index is 971. The van der Waals surface area contributed by atoms with Crippen molar-refractivity contribution in [3.8, 4) is 0 Å². The number of carboxylic acids is 5. The molecule has 13 heteroatoms. The monoisotopic (exact) mass is 567 g/mol. The molecule has 13 nitrogen and oxygen atoms in total. The number of carbonyl (C=O) groups is 5. The zero-order valence-electron chi connectivity index (χ0n) is 23.1. The first-order chi connectivity index (χ1) is 18.9. The molecule has 0 saturated heterocycles. The van der Waals surface area contributed by atoms with Crippen molar-refractivity contribution in [2.45, 2.75) is 45.6 Å². The first-order valence-corrected chi connectivity index (χ1v) is 13.2. The third-order valence-corrected chi connectivity index (χ3v) is 6.55. The Balaban J connectivity index is 3.36. The molecule has 1 aromatic rings. The fraction of sp³-hybridized carbons (Fsp3) is 0.593. The summed E-state index contributed by atoms with van der Waals surface area (Å²) in [6.07, 6.45) is 3.14. The number of likely N-dealkylation sites (N-methyl/N-ethyl adjacent to an activating group) is 1. The van der Waals surface area contributed by atoms with E-state index in [1.165, 1.54) is 9.80 Å². The summed E-state index contributed by atoms with van der Waals surface area (Å²) in [6.45, 7) is 2.68. The van der Waals surface area contributed by atoms with Crippen molar-refractivity contribution in [3.63, 3.8) is 0 Å². The van der Waals surface area contributed by atoms with Crippen molar-refractivity contribution in [2.75, 3.05) is 52.4 Å². The van der Waals surface area contributed by atoms with Gasteiger partial charge in [0, 0.05) is 32.2 Å². The standard InChI is InChI=1S/C27H41N3O10/c1-3-5-6-19-7-9-20(10-8-19)13-21(30(18-25(35)36)15-22(26(37)38)27(39)40)14-29(17-24(33)34)12-11-28(4-2)16-23(31)32/h7-10,21-22H,3-6,11-18H2,1-2H3,(H,31,32)(H,33,34)(H,35,36)(H,37,38)(H,39,40). The molecular formula is C27H41N3O10. The lowest BCUT2D eigenvalue weighted by molar-refractivity contribution is -0.157. The van der Waals surface area contributed by atoms with Gasteiger partial charge < -0.3 is 25.5 Å². The largest absolute Gasteiger partial charge is 0.481 e. The summed E-state index contributed by atoms with van der Waals surface area (Å²) < 4.78 is 0. The van der Waals surface area contributed by atoms with E-state index in [1.807, 2.05) is 24.3 Å². The molecule has 0 aliphatic rings. The minimum Gasteiger partial charge on any atom is -0.481 e. The van der Waals surface area contributed by atoms with E-state index in [-0.39, 0.29) is 32.6 Å². The van der Waals surface area contributed by atoms with Crippen LogP contribution in [0.1, 0.15) is 37.8 Å². The summed E-state index contributed by atoms with van der Waals surface area (Å²) >= 11 is 0. The van der Waals surface area contributed by atoms with Gasteiger partial charge in [0.25, 0.3) is 0 Å². The van der Waals surface area contributed by atoms with E-state index in [1.54, 1.807) is 11.8 Å².